The summed E-state index contributed by atoms with van der Waals surface area (Å²) in [7, 11) is 0. The predicted molar refractivity (Wildman–Crippen MR) is 100 cm³/mol. The summed E-state index contributed by atoms with van der Waals surface area (Å²) in [5.74, 6) is 1.48. The highest BCUT2D eigenvalue weighted by Crippen LogP contribution is 2.41. The molecule has 0 aliphatic heterocycles. The van der Waals surface area contributed by atoms with Gasteiger partial charge >= 0.3 is 0 Å². The fourth-order valence-corrected chi connectivity index (χ4v) is 3.60. The highest BCUT2D eigenvalue weighted by molar-refractivity contribution is 5.32. The molecule has 0 bridgehead atoms. The van der Waals surface area contributed by atoms with Crippen LogP contribution in [0.4, 0.5) is 0 Å². The van der Waals surface area contributed by atoms with E-state index in [0.717, 1.165) is 13.0 Å². The number of hydrogen-bond donors (Lipinski definition) is 0. The normalized spacial score (nSPS) is 15.0. The van der Waals surface area contributed by atoms with Gasteiger partial charge in [0.2, 0.25) is 0 Å². The molecule has 2 atom stereocenters. The van der Waals surface area contributed by atoms with Crippen molar-refractivity contribution in [2.24, 2.45) is 0 Å². The van der Waals surface area contributed by atoms with Gasteiger partial charge in [0, 0.05) is 30.3 Å². The molecule has 2 nitrogen and oxygen atoms in total. The van der Waals surface area contributed by atoms with Crippen LogP contribution >= 0.6 is 0 Å². The zero-order valence-corrected chi connectivity index (χ0v) is 14.8. The summed E-state index contributed by atoms with van der Waals surface area (Å²) < 4.78 is 2.26. The van der Waals surface area contributed by atoms with E-state index in [4.69, 9.17) is 0 Å². The molecule has 24 heavy (non-hydrogen) atoms. The van der Waals surface area contributed by atoms with Crippen LogP contribution in [0.3, 0.4) is 0 Å². The van der Waals surface area contributed by atoms with Crippen LogP contribution < -0.4 is 0 Å². The molecule has 0 saturated carbocycles. The largest absolute Gasteiger partial charge is 0.335 e. The minimum atomic E-state index is -0.0130. The van der Waals surface area contributed by atoms with Crippen molar-refractivity contribution in [3.05, 3.63) is 90.0 Å². The number of rotatable bonds is 6. The standard InChI is InChI=1S/C22H26N2/c1-4-24-16-15-23-21(24)18(2)22(3,20-13-9-6-10-14-20)17-19-11-7-5-8-12-19/h5-16,18H,4,17H2,1-3H3. The van der Waals surface area contributed by atoms with Crippen LogP contribution in [0, 0.1) is 0 Å². The maximum absolute atomic E-state index is 4.68. The Morgan fingerprint density at radius 2 is 1.62 bits per heavy atom. The van der Waals surface area contributed by atoms with Gasteiger partial charge in [-0.1, -0.05) is 74.5 Å². The summed E-state index contributed by atoms with van der Waals surface area (Å²) in [6, 6.07) is 21.6. The second-order valence-corrected chi connectivity index (χ2v) is 6.74. The van der Waals surface area contributed by atoms with Crippen molar-refractivity contribution in [2.45, 2.75) is 45.1 Å². The number of benzene rings is 2. The van der Waals surface area contributed by atoms with E-state index in [-0.39, 0.29) is 5.41 Å². The molecule has 124 valence electrons. The molecule has 0 amide bonds. The lowest BCUT2D eigenvalue weighted by Crippen LogP contribution is -2.33. The van der Waals surface area contributed by atoms with Crippen molar-refractivity contribution < 1.29 is 0 Å². The van der Waals surface area contributed by atoms with Crippen LogP contribution in [-0.2, 0) is 18.4 Å². The number of hydrogen-bond acceptors (Lipinski definition) is 1. The first-order valence-electron chi connectivity index (χ1n) is 8.75. The molecule has 0 saturated heterocycles. The van der Waals surface area contributed by atoms with Crippen LogP contribution in [0.15, 0.2) is 73.1 Å². The van der Waals surface area contributed by atoms with Gasteiger partial charge in [-0.05, 0) is 24.5 Å². The van der Waals surface area contributed by atoms with Crippen LogP contribution in [0.2, 0.25) is 0 Å². The van der Waals surface area contributed by atoms with E-state index in [0.29, 0.717) is 5.92 Å². The summed E-state index contributed by atoms with van der Waals surface area (Å²) in [6.45, 7) is 7.81. The zero-order chi connectivity index (χ0) is 17.0. The Morgan fingerprint density at radius 3 is 2.25 bits per heavy atom. The third-order valence-corrected chi connectivity index (χ3v) is 5.28. The van der Waals surface area contributed by atoms with Gasteiger partial charge in [0.25, 0.3) is 0 Å². The molecule has 0 radical (unpaired) electrons. The van der Waals surface area contributed by atoms with Gasteiger partial charge in [-0.2, -0.15) is 0 Å². The van der Waals surface area contributed by atoms with Gasteiger partial charge in [-0.15, -0.1) is 0 Å². The molecule has 0 aliphatic carbocycles. The van der Waals surface area contributed by atoms with E-state index in [1.54, 1.807) is 0 Å². The zero-order valence-electron chi connectivity index (χ0n) is 14.8. The molecule has 0 aliphatic rings. The first kappa shape index (κ1) is 16.5. The van der Waals surface area contributed by atoms with E-state index >= 15 is 0 Å². The molecule has 3 rings (SSSR count). The number of nitrogens with zero attached hydrogens (tertiary/aromatic N) is 2. The Morgan fingerprint density at radius 1 is 1.00 bits per heavy atom. The second-order valence-electron chi connectivity index (χ2n) is 6.74. The van der Waals surface area contributed by atoms with E-state index < -0.39 is 0 Å². The lowest BCUT2D eigenvalue weighted by atomic mass is 9.68. The van der Waals surface area contributed by atoms with Crippen LogP contribution in [0.1, 0.15) is 43.6 Å². The molecule has 1 aromatic heterocycles. The fourth-order valence-electron chi connectivity index (χ4n) is 3.60. The van der Waals surface area contributed by atoms with Gasteiger partial charge in [-0.25, -0.2) is 4.98 Å². The van der Waals surface area contributed by atoms with E-state index in [1.165, 1.54) is 17.0 Å². The van der Waals surface area contributed by atoms with E-state index in [9.17, 15) is 0 Å². The lowest BCUT2D eigenvalue weighted by Gasteiger charge is -2.36. The van der Waals surface area contributed by atoms with E-state index in [2.05, 4.69) is 97.2 Å². The molecule has 0 fully saturated rings. The first-order chi connectivity index (χ1) is 11.6. The molecule has 0 N–H and O–H groups in total. The highest BCUT2D eigenvalue weighted by Gasteiger charge is 2.36. The maximum atomic E-state index is 4.68. The highest BCUT2D eigenvalue weighted by atomic mass is 15.1. The minimum absolute atomic E-state index is 0.0130. The number of aryl methyl sites for hydroxylation is 1. The smallest absolute Gasteiger partial charge is 0.112 e. The van der Waals surface area contributed by atoms with Crippen molar-refractivity contribution in [1.29, 1.82) is 0 Å². The Hall–Kier alpha value is -2.35. The third kappa shape index (κ3) is 3.14. The first-order valence-corrected chi connectivity index (χ1v) is 8.75. The maximum Gasteiger partial charge on any atom is 0.112 e. The molecule has 2 unspecified atom stereocenters. The minimum Gasteiger partial charge on any atom is -0.335 e. The van der Waals surface area contributed by atoms with Crippen molar-refractivity contribution >= 4 is 0 Å². The molecule has 3 aromatic rings. The average molecular weight is 318 g/mol. The van der Waals surface area contributed by atoms with Gasteiger partial charge in [0.1, 0.15) is 5.82 Å². The summed E-state index contributed by atoms with van der Waals surface area (Å²) in [4.78, 5) is 4.68. The summed E-state index contributed by atoms with van der Waals surface area (Å²) in [6.07, 6.45) is 5.00. The van der Waals surface area contributed by atoms with E-state index in [1.807, 2.05) is 6.20 Å². The summed E-state index contributed by atoms with van der Waals surface area (Å²) in [5, 5.41) is 0. The Bertz CT molecular complexity index is 761. The van der Waals surface area contributed by atoms with Gasteiger partial charge in [0.05, 0.1) is 0 Å². The van der Waals surface area contributed by atoms with Crippen LogP contribution in [0.25, 0.3) is 0 Å². The topological polar surface area (TPSA) is 17.8 Å². The van der Waals surface area contributed by atoms with Crippen LogP contribution in [-0.4, -0.2) is 9.55 Å². The number of aromatic nitrogens is 2. The molecule has 2 heteroatoms. The number of imidazole rings is 1. The second kappa shape index (κ2) is 7.04. The molecular formula is C22H26N2. The van der Waals surface area contributed by atoms with Crippen molar-refractivity contribution in [3.8, 4) is 0 Å². The monoisotopic (exact) mass is 318 g/mol. The molecular weight excluding hydrogens is 292 g/mol. The Balaban J connectivity index is 2.05. The Labute approximate surface area is 145 Å². The van der Waals surface area contributed by atoms with Gasteiger partial charge < -0.3 is 4.57 Å². The summed E-state index contributed by atoms with van der Waals surface area (Å²) in [5.41, 5.74) is 2.72. The Kier molecular flexibility index (Phi) is 4.84. The van der Waals surface area contributed by atoms with Crippen LogP contribution in [0.5, 0.6) is 0 Å². The summed E-state index contributed by atoms with van der Waals surface area (Å²) >= 11 is 0. The quantitative estimate of drug-likeness (QED) is 0.610. The SMILES string of the molecule is CCn1ccnc1C(C)C(C)(Cc1ccccc1)c1ccccc1. The predicted octanol–water partition coefficient (Wildman–Crippen LogP) is 5.21. The molecule has 1 heterocycles. The van der Waals surface area contributed by atoms with Gasteiger partial charge in [-0.3, -0.25) is 0 Å². The molecule has 0 spiro atoms. The fraction of sp³-hybridized carbons (Fsp3) is 0.318. The molecule has 2 aromatic carbocycles. The van der Waals surface area contributed by atoms with Gasteiger partial charge in [0.15, 0.2) is 0 Å². The van der Waals surface area contributed by atoms with Crippen molar-refractivity contribution in [1.82, 2.24) is 9.55 Å². The third-order valence-electron chi connectivity index (χ3n) is 5.28. The van der Waals surface area contributed by atoms with Crippen molar-refractivity contribution in [3.63, 3.8) is 0 Å². The average Bonchev–Trinajstić information content (AvgIpc) is 3.11. The van der Waals surface area contributed by atoms with Crippen molar-refractivity contribution in [2.75, 3.05) is 0 Å². The lowest BCUT2D eigenvalue weighted by molar-refractivity contribution is 0.370.